The van der Waals surface area contributed by atoms with Gasteiger partial charge in [-0.05, 0) is 6.42 Å². The number of piperazine rings is 1. The van der Waals surface area contributed by atoms with E-state index in [1.807, 2.05) is 0 Å². The van der Waals surface area contributed by atoms with Crippen LogP contribution < -0.4 is 25.7 Å². The zero-order valence-corrected chi connectivity index (χ0v) is 15.3. The summed E-state index contributed by atoms with van der Waals surface area (Å²) in [7, 11) is 0. The van der Waals surface area contributed by atoms with Gasteiger partial charge < -0.3 is 29.8 Å². The predicted octanol–water partition coefficient (Wildman–Crippen LogP) is 0.811. The van der Waals surface area contributed by atoms with Crippen LogP contribution in [-0.4, -0.2) is 61.6 Å². The van der Waals surface area contributed by atoms with Crippen LogP contribution in [0.1, 0.15) is 19.3 Å². The van der Waals surface area contributed by atoms with Gasteiger partial charge in [-0.2, -0.15) is 0 Å². The molecule has 2 fully saturated rings. The highest BCUT2D eigenvalue weighted by atomic mass is 16.5. The Labute approximate surface area is 157 Å². The molecule has 3 N–H and O–H groups in total. The number of aromatic nitrogens is 2. The lowest BCUT2D eigenvalue weighted by Gasteiger charge is -2.25. The van der Waals surface area contributed by atoms with Crippen molar-refractivity contribution in [3.05, 3.63) is 28.8 Å². The maximum atomic E-state index is 12.3. The number of benzene rings is 1. The molecule has 2 saturated heterocycles. The van der Waals surface area contributed by atoms with Crippen molar-refractivity contribution < 1.29 is 14.2 Å². The summed E-state index contributed by atoms with van der Waals surface area (Å²) in [5.74, 6) is 1.20. The summed E-state index contributed by atoms with van der Waals surface area (Å²) in [4.78, 5) is 19.2. The molecule has 1 aromatic carbocycles. The lowest BCUT2D eigenvalue weighted by atomic mass is 10.1. The molecule has 0 aliphatic carbocycles. The number of nitrogens with zero attached hydrogens (tertiary/aromatic N) is 1. The summed E-state index contributed by atoms with van der Waals surface area (Å²) in [5, 5.41) is 7.31. The van der Waals surface area contributed by atoms with Crippen LogP contribution in [0.15, 0.2) is 23.3 Å². The lowest BCUT2D eigenvalue weighted by Crippen LogP contribution is -2.48. The second-order valence-corrected chi connectivity index (χ2v) is 6.97. The normalized spacial score (nSPS) is 21.3. The number of fused-ring (bicyclic) bond motifs is 1. The van der Waals surface area contributed by atoms with E-state index in [0.717, 1.165) is 38.9 Å². The van der Waals surface area contributed by atoms with Gasteiger partial charge in [0.05, 0.1) is 31.7 Å². The van der Waals surface area contributed by atoms with Gasteiger partial charge in [-0.15, -0.1) is 0 Å². The van der Waals surface area contributed by atoms with Crippen LogP contribution in [0.4, 0.5) is 0 Å². The standard InChI is InChI=1S/C19H26N4O4/c24-19-18-16(22-12-23-19)9-15(26-8-1-13-11-20-4-5-21-13)10-17(18)27-14-2-6-25-7-3-14/h9-10,12-14,20-21H,1-8,11H2,(H,22,23,24). The van der Waals surface area contributed by atoms with E-state index in [-0.39, 0.29) is 11.7 Å². The fourth-order valence-corrected chi connectivity index (χ4v) is 3.52. The molecule has 146 valence electrons. The molecule has 0 radical (unpaired) electrons. The molecular formula is C19H26N4O4. The number of aromatic amines is 1. The first-order valence-electron chi connectivity index (χ1n) is 9.62. The maximum Gasteiger partial charge on any atom is 0.262 e. The van der Waals surface area contributed by atoms with E-state index in [1.165, 1.54) is 6.33 Å². The van der Waals surface area contributed by atoms with Gasteiger partial charge in [-0.3, -0.25) is 4.79 Å². The predicted molar refractivity (Wildman–Crippen MR) is 102 cm³/mol. The molecule has 0 spiro atoms. The van der Waals surface area contributed by atoms with Crippen molar-refractivity contribution in [3.63, 3.8) is 0 Å². The van der Waals surface area contributed by atoms with Gasteiger partial charge in [0.2, 0.25) is 0 Å². The fourth-order valence-electron chi connectivity index (χ4n) is 3.52. The molecule has 3 heterocycles. The minimum atomic E-state index is -0.203. The summed E-state index contributed by atoms with van der Waals surface area (Å²) in [5.41, 5.74) is 0.377. The number of rotatable bonds is 6. The molecule has 27 heavy (non-hydrogen) atoms. The number of H-pyrrole nitrogens is 1. The summed E-state index contributed by atoms with van der Waals surface area (Å²) < 4.78 is 17.5. The van der Waals surface area contributed by atoms with Crippen LogP contribution in [0.25, 0.3) is 10.9 Å². The molecule has 4 rings (SSSR count). The first kappa shape index (κ1) is 18.2. The number of hydrogen-bond acceptors (Lipinski definition) is 7. The Morgan fingerprint density at radius 1 is 1.22 bits per heavy atom. The Balaban J connectivity index is 1.51. The molecule has 2 aromatic rings. The highest BCUT2D eigenvalue weighted by molar-refractivity contribution is 5.85. The minimum absolute atomic E-state index is 0.0364. The van der Waals surface area contributed by atoms with E-state index in [9.17, 15) is 4.79 Å². The molecule has 0 bridgehead atoms. The monoisotopic (exact) mass is 374 g/mol. The van der Waals surface area contributed by atoms with Gasteiger partial charge in [0.1, 0.15) is 23.0 Å². The maximum absolute atomic E-state index is 12.3. The largest absolute Gasteiger partial charge is 0.493 e. The van der Waals surface area contributed by atoms with Gasteiger partial charge in [0.25, 0.3) is 5.56 Å². The van der Waals surface area contributed by atoms with E-state index < -0.39 is 0 Å². The Bertz CT molecular complexity index is 813. The third-order valence-corrected chi connectivity index (χ3v) is 5.00. The van der Waals surface area contributed by atoms with Crippen molar-refractivity contribution >= 4 is 10.9 Å². The quantitative estimate of drug-likeness (QED) is 0.688. The molecule has 8 nitrogen and oxygen atoms in total. The third kappa shape index (κ3) is 4.58. The second kappa shape index (κ2) is 8.69. The molecular weight excluding hydrogens is 348 g/mol. The molecule has 2 aliphatic heterocycles. The van der Waals surface area contributed by atoms with Gasteiger partial charge in [-0.1, -0.05) is 0 Å². The van der Waals surface area contributed by atoms with Crippen LogP contribution in [0, 0.1) is 0 Å². The van der Waals surface area contributed by atoms with Gasteiger partial charge in [0.15, 0.2) is 0 Å². The van der Waals surface area contributed by atoms with Gasteiger partial charge in [0, 0.05) is 50.7 Å². The Hall–Kier alpha value is -2.16. The molecule has 0 amide bonds. The van der Waals surface area contributed by atoms with Crippen LogP contribution in [-0.2, 0) is 4.74 Å². The summed E-state index contributed by atoms with van der Waals surface area (Å²) in [6.45, 7) is 4.89. The average Bonchev–Trinajstić information content (AvgIpc) is 2.69. The minimum Gasteiger partial charge on any atom is -0.493 e. The number of ether oxygens (including phenoxy) is 3. The van der Waals surface area contributed by atoms with Crippen LogP contribution in [0.2, 0.25) is 0 Å². The fraction of sp³-hybridized carbons (Fsp3) is 0.579. The summed E-state index contributed by atoms with van der Waals surface area (Å²) in [6.07, 6.45) is 3.97. The molecule has 1 atom stereocenters. The Kier molecular flexibility index (Phi) is 5.86. The van der Waals surface area contributed by atoms with Crippen LogP contribution in [0.3, 0.4) is 0 Å². The first-order chi connectivity index (χ1) is 13.3. The SMILES string of the molecule is O=c1[nH]cnc2cc(OCCC3CNCCN3)cc(OC3CCOCC3)c12. The average molecular weight is 374 g/mol. The van der Waals surface area contributed by atoms with Crippen LogP contribution in [0.5, 0.6) is 11.5 Å². The molecule has 0 saturated carbocycles. The number of hydrogen-bond donors (Lipinski definition) is 3. The summed E-state index contributed by atoms with van der Waals surface area (Å²) in [6, 6.07) is 4.02. The van der Waals surface area contributed by atoms with E-state index >= 15 is 0 Å². The molecule has 1 aromatic heterocycles. The molecule has 1 unspecified atom stereocenters. The second-order valence-electron chi connectivity index (χ2n) is 6.97. The Morgan fingerprint density at radius 2 is 2.11 bits per heavy atom. The zero-order chi connectivity index (χ0) is 18.5. The van der Waals surface area contributed by atoms with Crippen molar-refractivity contribution in [1.82, 2.24) is 20.6 Å². The van der Waals surface area contributed by atoms with Gasteiger partial charge in [-0.25, -0.2) is 4.98 Å². The van der Waals surface area contributed by atoms with Gasteiger partial charge >= 0.3 is 0 Å². The topological polar surface area (TPSA) is 97.5 Å². The van der Waals surface area contributed by atoms with Crippen molar-refractivity contribution in [2.75, 3.05) is 39.5 Å². The zero-order valence-electron chi connectivity index (χ0n) is 15.3. The van der Waals surface area contributed by atoms with E-state index in [0.29, 0.717) is 48.3 Å². The van der Waals surface area contributed by atoms with Crippen molar-refractivity contribution in [1.29, 1.82) is 0 Å². The highest BCUT2D eigenvalue weighted by Crippen LogP contribution is 2.30. The molecule has 8 heteroatoms. The van der Waals surface area contributed by atoms with Crippen molar-refractivity contribution in [2.45, 2.75) is 31.4 Å². The van der Waals surface area contributed by atoms with Crippen LogP contribution >= 0.6 is 0 Å². The Morgan fingerprint density at radius 3 is 2.93 bits per heavy atom. The third-order valence-electron chi connectivity index (χ3n) is 5.00. The van der Waals surface area contributed by atoms with E-state index in [1.54, 1.807) is 12.1 Å². The smallest absolute Gasteiger partial charge is 0.262 e. The lowest BCUT2D eigenvalue weighted by molar-refractivity contribution is 0.0261. The number of nitrogens with one attached hydrogen (secondary N) is 3. The van der Waals surface area contributed by atoms with E-state index in [2.05, 4.69) is 20.6 Å². The van der Waals surface area contributed by atoms with Crippen molar-refractivity contribution in [2.24, 2.45) is 0 Å². The highest BCUT2D eigenvalue weighted by Gasteiger charge is 2.19. The summed E-state index contributed by atoms with van der Waals surface area (Å²) >= 11 is 0. The van der Waals surface area contributed by atoms with E-state index in [4.69, 9.17) is 14.2 Å². The molecule has 2 aliphatic rings. The first-order valence-corrected chi connectivity index (χ1v) is 9.62. The van der Waals surface area contributed by atoms with Crippen molar-refractivity contribution in [3.8, 4) is 11.5 Å².